The standard InChI is InChI=1S/C20H23N5O3/c1-20(16-6-7-16)18(27)25(19(28)23-20)12-17(26)22-10-14-2-4-15(5-3-14)11-24-9-8-21-13-24/h2-5,8-9,13,16H,6-7,10-12H2,1H3,(H,22,26)(H,23,28). The van der Waals surface area contributed by atoms with Crippen molar-refractivity contribution in [1.29, 1.82) is 0 Å². The van der Waals surface area contributed by atoms with Gasteiger partial charge in [0.15, 0.2) is 0 Å². The fraction of sp³-hybridized carbons (Fsp3) is 0.400. The maximum absolute atomic E-state index is 12.6. The third kappa shape index (κ3) is 3.62. The summed E-state index contributed by atoms with van der Waals surface area (Å²) in [6, 6.07) is 7.41. The molecule has 1 saturated heterocycles. The number of aromatic nitrogens is 2. The molecular weight excluding hydrogens is 358 g/mol. The van der Waals surface area contributed by atoms with Crippen LogP contribution in [-0.4, -0.2) is 44.4 Å². The molecular formula is C20H23N5O3. The van der Waals surface area contributed by atoms with E-state index >= 15 is 0 Å². The molecule has 4 rings (SSSR count). The van der Waals surface area contributed by atoms with Gasteiger partial charge in [0.2, 0.25) is 5.91 Å². The highest BCUT2D eigenvalue weighted by molar-refractivity contribution is 6.09. The summed E-state index contributed by atoms with van der Waals surface area (Å²) >= 11 is 0. The van der Waals surface area contributed by atoms with E-state index in [-0.39, 0.29) is 24.3 Å². The van der Waals surface area contributed by atoms with Crippen LogP contribution in [0.2, 0.25) is 0 Å². The zero-order valence-electron chi connectivity index (χ0n) is 15.7. The zero-order valence-corrected chi connectivity index (χ0v) is 15.7. The highest BCUT2D eigenvalue weighted by atomic mass is 16.2. The Morgan fingerprint density at radius 2 is 1.96 bits per heavy atom. The van der Waals surface area contributed by atoms with Crippen LogP contribution in [0.25, 0.3) is 0 Å². The third-order valence-electron chi connectivity index (χ3n) is 5.43. The molecule has 1 atom stereocenters. The fourth-order valence-electron chi connectivity index (χ4n) is 3.55. The summed E-state index contributed by atoms with van der Waals surface area (Å²) in [7, 11) is 0. The first kappa shape index (κ1) is 18.2. The predicted octanol–water partition coefficient (Wildman–Crippen LogP) is 1.27. The number of carbonyl (C=O) groups is 3. The molecule has 0 spiro atoms. The summed E-state index contributed by atoms with van der Waals surface area (Å²) in [5, 5.41) is 5.52. The number of urea groups is 1. The molecule has 2 aromatic rings. The van der Waals surface area contributed by atoms with Crippen LogP contribution in [-0.2, 0) is 22.7 Å². The van der Waals surface area contributed by atoms with Crippen LogP contribution >= 0.6 is 0 Å². The second kappa shape index (κ2) is 7.10. The minimum absolute atomic E-state index is 0.179. The highest BCUT2D eigenvalue weighted by Gasteiger charge is 2.56. The molecule has 2 aliphatic rings. The molecule has 8 nitrogen and oxygen atoms in total. The lowest BCUT2D eigenvalue weighted by atomic mass is 9.96. The van der Waals surface area contributed by atoms with E-state index in [1.54, 1.807) is 19.4 Å². The van der Waals surface area contributed by atoms with E-state index in [1.807, 2.05) is 35.0 Å². The minimum Gasteiger partial charge on any atom is -0.350 e. The van der Waals surface area contributed by atoms with Crippen molar-refractivity contribution in [3.05, 3.63) is 54.1 Å². The van der Waals surface area contributed by atoms with Crippen molar-refractivity contribution >= 4 is 17.8 Å². The quantitative estimate of drug-likeness (QED) is 0.706. The summed E-state index contributed by atoms with van der Waals surface area (Å²) in [6.07, 6.45) is 7.26. The van der Waals surface area contributed by atoms with E-state index < -0.39 is 11.6 Å². The summed E-state index contributed by atoms with van der Waals surface area (Å²) in [6.45, 7) is 2.56. The van der Waals surface area contributed by atoms with E-state index in [9.17, 15) is 14.4 Å². The lowest BCUT2D eigenvalue weighted by molar-refractivity contribution is -0.135. The largest absolute Gasteiger partial charge is 0.350 e. The molecule has 8 heteroatoms. The number of nitrogens with zero attached hydrogens (tertiary/aromatic N) is 3. The maximum atomic E-state index is 12.6. The van der Waals surface area contributed by atoms with Crippen LogP contribution in [0.1, 0.15) is 30.9 Å². The summed E-state index contributed by atoms with van der Waals surface area (Å²) in [5.41, 5.74) is 1.22. The summed E-state index contributed by atoms with van der Waals surface area (Å²) < 4.78 is 1.98. The van der Waals surface area contributed by atoms with Gasteiger partial charge in [-0.2, -0.15) is 0 Å². The first-order chi connectivity index (χ1) is 13.5. The van der Waals surface area contributed by atoms with Crippen molar-refractivity contribution in [2.45, 2.75) is 38.4 Å². The molecule has 2 N–H and O–H groups in total. The monoisotopic (exact) mass is 381 g/mol. The van der Waals surface area contributed by atoms with Crippen molar-refractivity contribution in [1.82, 2.24) is 25.1 Å². The Balaban J connectivity index is 1.28. The lowest BCUT2D eigenvalue weighted by Crippen LogP contribution is -2.46. The number of imidazole rings is 1. The number of amides is 4. The van der Waals surface area contributed by atoms with Gasteiger partial charge in [0.25, 0.3) is 5.91 Å². The third-order valence-corrected chi connectivity index (χ3v) is 5.43. The number of carbonyl (C=O) groups excluding carboxylic acids is 3. The van der Waals surface area contributed by atoms with Crippen LogP contribution in [0.5, 0.6) is 0 Å². The molecule has 1 aliphatic carbocycles. The Kier molecular flexibility index (Phi) is 4.62. The molecule has 0 radical (unpaired) electrons. The van der Waals surface area contributed by atoms with Gasteiger partial charge < -0.3 is 15.2 Å². The second-order valence-corrected chi connectivity index (χ2v) is 7.63. The van der Waals surface area contributed by atoms with Crippen molar-refractivity contribution in [2.75, 3.05) is 6.54 Å². The molecule has 1 unspecified atom stereocenters. The number of hydrogen-bond donors (Lipinski definition) is 2. The molecule has 2 heterocycles. The molecule has 1 aliphatic heterocycles. The van der Waals surface area contributed by atoms with Crippen LogP contribution in [0.15, 0.2) is 43.0 Å². The summed E-state index contributed by atoms with van der Waals surface area (Å²) in [4.78, 5) is 41.9. The number of hydrogen-bond acceptors (Lipinski definition) is 4. The van der Waals surface area contributed by atoms with Crippen molar-refractivity contribution in [3.8, 4) is 0 Å². The van der Waals surface area contributed by atoms with Crippen molar-refractivity contribution in [2.24, 2.45) is 5.92 Å². The minimum atomic E-state index is -0.859. The van der Waals surface area contributed by atoms with Gasteiger partial charge in [0.05, 0.1) is 6.33 Å². The molecule has 4 amide bonds. The molecule has 146 valence electrons. The van der Waals surface area contributed by atoms with E-state index in [2.05, 4.69) is 15.6 Å². The molecule has 1 saturated carbocycles. The Morgan fingerprint density at radius 3 is 2.61 bits per heavy atom. The molecule has 28 heavy (non-hydrogen) atoms. The van der Waals surface area contributed by atoms with Gasteiger partial charge in [-0.15, -0.1) is 0 Å². The topological polar surface area (TPSA) is 96.3 Å². The Bertz CT molecular complexity index is 889. The van der Waals surface area contributed by atoms with Crippen molar-refractivity contribution < 1.29 is 14.4 Å². The maximum Gasteiger partial charge on any atom is 0.325 e. The van der Waals surface area contributed by atoms with Gasteiger partial charge in [0, 0.05) is 25.5 Å². The number of rotatable bonds is 7. The first-order valence-corrected chi connectivity index (χ1v) is 9.40. The molecule has 1 aromatic heterocycles. The number of nitrogens with one attached hydrogen (secondary N) is 2. The van der Waals surface area contributed by atoms with Gasteiger partial charge >= 0.3 is 6.03 Å². The highest BCUT2D eigenvalue weighted by Crippen LogP contribution is 2.42. The van der Waals surface area contributed by atoms with E-state index in [4.69, 9.17) is 0 Å². The normalized spacial score (nSPS) is 21.7. The van der Waals surface area contributed by atoms with Gasteiger partial charge in [-0.3, -0.25) is 14.5 Å². The van der Waals surface area contributed by atoms with E-state index in [0.29, 0.717) is 6.54 Å². The van der Waals surface area contributed by atoms with E-state index in [1.165, 1.54) is 0 Å². The predicted molar refractivity (Wildman–Crippen MR) is 101 cm³/mol. The van der Waals surface area contributed by atoms with Gasteiger partial charge in [-0.25, -0.2) is 9.78 Å². The average Bonchev–Trinajstić information content (AvgIpc) is 3.38. The molecule has 2 fully saturated rings. The van der Waals surface area contributed by atoms with Crippen LogP contribution in [0, 0.1) is 5.92 Å². The fourth-order valence-corrected chi connectivity index (χ4v) is 3.55. The lowest BCUT2D eigenvalue weighted by Gasteiger charge is -2.20. The SMILES string of the molecule is CC1(C2CC2)NC(=O)N(CC(=O)NCc2ccc(Cn3ccnc3)cc2)C1=O. The zero-order chi connectivity index (χ0) is 19.7. The average molecular weight is 381 g/mol. The van der Waals surface area contributed by atoms with E-state index in [0.717, 1.165) is 35.4 Å². The summed E-state index contributed by atoms with van der Waals surface area (Å²) in [5.74, 6) is -0.483. The number of imide groups is 1. The van der Waals surface area contributed by atoms with Gasteiger partial charge in [-0.05, 0) is 36.8 Å². The molecule has 0 bridgehead atoms. The van der Waals surface area contributed by atoms with Gasteiger partial charge in [-0.1, -0.05) is 24.3 Å². The molecule has 1 aromatic carbocycles. The smallest absolute Gasteiger partial charge is 0.325 e. The van der Waals surface area contributed by atoms with Gasteiger partial charge in [0.1, 0.15) is 12.1 Å². The Labute approximate surface area is 162 Å². The van der Waals surface area contributed by atoms with Crippen LogP contribution in [0.3, 0.4) is 0 Å². The Morgan fingerprint density at radius 1 is 1.25 bits per heavy atom. The number of benzene rings is 1. The first-order valence-electron chi connectivity index (χ1n) is 9.40. The van der Waals surface area contributed by atoms with Crippen molar-refractivity contribution in [3.63, 3.8) is 0 Å². The second-order valence-electron chi connectivity index (χ2n) is 7.63. The van der Waals surface area contributed by atoms with Crippen LogP contribution in [0.4, 0.5) is 4.79 Å². The Hall–Kier alpha value is -3.16. The van der Waals surface area contributed by atoms with Crippen LogP contribution < -0.4 is 10.6 Å².